The van der Waals surface area contributed by atoms with Gasteiger partial charge in [0.05, 0.1) is 16.5 Å². The molecule has 0 saturated carbocycles. The highest BCUT2D eigenvalue weighted by Crippen LogP contribution is 2.29. The number of carbonyl (C=O) groups excluding carboxylic acids is 1. The van der Waals surface area contributed by atoms with Gasteiger partial charge in [0, 0.05) is 22.4 Å². The summed E-state index contributed by atoms with van der Waals surface area (Å²) in [5.74, 6) is 0.482. The highest BCUT2D eigenvalue weighted by Gasteiger charge is 2.14. The Morgan fingerprint density at radius 1 is 1.32 bits per heavy atom. The van der Waals surface area contributed by atoms with Gasteiger partial charge in [-0.1, -0.05) is 13.8 Å². The number of hydrogen-bond acceptors (Lipinski definition) is 3. The van der Waals surface area contributed by atoms with Crippen molar-refractivity contribution in [3.05, 3.63) is 55.9 Å². The number of amides is 1. The molecule has 2 aromatic heterocycles. The third kappa shape index (κ3) is 4.33. The maximum Gasteiger partial charge on any atom is 0.224 e. The summed E-state index contributed by atoms with van der Waals surface area (Å²) < 4.78 is 6.78. The molecule has 0 atom stereocenters. The third-order valence-electron chi connectivity index (χ3n) is 4.34. The lowest BCUT2D eigenvalue weighted by Crippen LogP contribution is -2.27. The number of carbonyl (C=O) groups is 1. The van der Waals surface area contributed by atoms with Crippen molar-refractivity contribution in [3.8, 4) is 0 Å². The second-order valence-electron chi connectivity index (χ2n) is 6.60. The van der Waals surface area contributed by atoms with Crippen LogP contribution in [0.15, 0.2) is 38.7 Å². The van der Waals surface area contributed by atoms with Crippen LogP contribution < -0.4 is 5.32 Å². The number of furan rings is 1. The van der Waals surface area contributed by atoms with Crippen LogP contribution in [0.25, 0.3) is 11.0 Å². The first kappa shape index (κ1) is 18.2. The summed E-state index contributed by atoms with van der Waals surface area (Å²) >= 11 is 5.16. The van der Waals surface area contributed by atoms with Gasteiger partial charge in [-0.25, -0.2) is 0 Å². The van der Waals surface area contributed by atoms with Crippen LogP contribution in [-0.2, 0) is 17.6 Å². The van der Waals surface area contributed by atoms with Crippen molar-refractivity contribution in [1.82, 2.24) is 5.32 Å². The van der Waals surface area contributed by atoms with Gasteiger partial charge in [0.1, 0.15) is 5.58 Å². The van der Waals surface area contributed by atoms with E-state index in [0.717, 1.165) is 26.7 Å². The monoisotopic (exact) mass is 419 g/mol. The number of benzene rings is 1. The molecule has 0 bridgehead atoms. The van der Waals surface area contributed by atoms with Crippen molar-refractivity contribution < 1.29 is 9.21 Å². The Bertz CT molecular complexity index is 894. The lowest BCUT2D eigenvalue weighted by Gasteiger charge is -2.10. The predicted molar refractivity (Wildman–Crippen MR) is 107 cm³/mol. The first-order chi connectivity index (χ1) is 11.9. The predicted octanol–water partition coefficient (Wildman–Crippen LogP) is 5.59. The van der Waals surface area contributed by atoms with E-state index in [2.05, 4.69) is 60.2 Å². The zero-order valence-electron chi connectivity index (χ0n) is 14.7. The first-order valence-corrected chi connectivity index (χ1v) is 10.1. The molecule has 2 heterocycles. The van der Waals surface area contributed by atoms with Gasteiger partial charge in [-0.05, 0) is 70.6 Å². The number of aryl methyl sites for hydroxylation is 1. The van der Waals surface area contributed by atoms with Crippen molar-refractivity contribution in [2.75, 3.05) is 6.54 Å². The SMILES string of the molecule is Cc1cc2occ(CC(=O)NCCc3ccc(Br)s3)c2cc1C(C)C. The maximum absolute atomic E-state index is 12.3. The van der Waals surface area contributed by atoms with E-state index in [1.54, 1.807) is 17.6 Å². The van der Waals surface area contributed by atoms with Crippen LogP contribution in [0.3, 0.4) is 0 Å². The summed E-state index contributed by atoms with van der Waals surface area (Å²) in [4.78, 5) is 13.5. The highest BCUT2D eigenvalue weighted by molar-refractivity contribution is 9.11. The Labute approximate surface area is 160 Å². The van der Waals surface area contributed by atoms with Crippen molar-refractivity contribution >= 4 is 44.1 Å². The lowest BCUT2D eigenvalue weighted by molar-refractivity contribution is -0.120. The Morgan fingerprint density at radius 3 is 2.80 bits per heavy atom. The van der Waals surface area contributed by atoms with Crippen LogP contribution >= 0.6 is 27.3 Å². The van der Waals surface area contributed by atoms with E-state index in [1.165, 1.54) is 16.0 Å². The number of thiophene rings is 1. The van der Waals surface area contributed by atoms with Gasteiger partial charge in [0.2, 0.25) is 5.91 Å². The second-order valence-corrected chi connectivity index (χ2v) is 9.15. The smallest absolute Gasteiger partial charge is 0.224 e. The third-order valence-corrected chi connectivity index (χ3v) is 6.02. The molecule has 3 aromatic rings. The van der Waals surface area contributed by atoms with E-state index in [-0.39, 0.29) is 5.91 Å². The first-order valence-electron chi connectivity index (χ1n) is 8.45. The Hall–Kier alpha value is -1.59. The minimum atomic E-state index is 0.0324. The maximum atomic E-state index is 12.3. The van der Waals surface area contributed by atoms with Gasteiger partial charge in [-0.2, -0.15) is 0 Å². The molecule has 1 N–H and O–H groups in total. The fraction of sp³-hybridized carbons (Fsp3) is 0.350. The highest BCUT2D eigenvalue weighted by atomic mass is 79.9. The van der Waals surface area contributed by atoms with Gasteiger partial charge >= 0.3 is 0 Å². The van der Waals surface area contributed by atoms with E-state index < -0.39 is 0 Å². The molecule has 1 aromatic carbocycles. The summed E-state index contributed by atoms with van der Waals surface area (Å²) in [6.45, 7) is 7.12. The van der Waals surface area contributed by atoms with Crippen molar-refractivity contribution in [1.29, 1.82) is 0 Å². The topological polar surface area (TPSA) is 42.2 Å². The normalized spacial score (nSPS) is 11.4. The largest absolute Gasteiger partial charge is 0.464 e. The molecule has 0 aliphatic carbocycles. The van der Waals surface area contributed by atoms with Crippen LogP contribution in [0, 0.1) is 6.92 Å². The van der Waals surface area contributed by atoms with Crippen molar-refractivity contribution in [2.24, 2.45) is 0 Å². The number of fused-ring (bicyclic) bond motifs is 1. The van der Waals surface area contributed by atoms with E-state index in [1.807, 2.05) is 6.07 Å². The molecule has 0 radical (unpaired) electrons. The minimum absolute atomic E-state index is 0.0324. The van der Waals surface area contributed by atoms with E-state index >= 15 is 0 Å². The number of halogens is 1. The molecule has 1 amide bonds. The van der Waals surface area contributed by atoms with Crippen LogP contribution in [0.1, 0.15) is 41.3 Å². The molecule has 0 spiro atoms. The van der Waals surface area contributed by atoms with Crippen LogP contribution in [0.5, 0.6) is 0 Å². The molecule has 5 heteroatoms. The molecular weight excluding hydrogens is 398 g/mol. The summed E-state index contributed by atoms with van der Waals surface area (Å²) in [5, 5.41) is 4.05. The molecule has 3 nitrogen and oxygen atoms in total. The lowest BCUT2D eigenvalue weighted by atomic mass is 9.95. The summed E-state index contributed by atoms with van der Waals surface area (Å²) in [6, 6.07) is 8.36. The van der Waals surface area contributed by atoms with Crippen LogP contribution in [0.2, 0.25) is 0 Å². The fourth-order valence-electron chi connectivity index (χ4n) is 3.05. The van der Waals surface area contributed by atoms with E-state index in [4.69, 9.17) is 4.42 Å². The number of hydrogen-bond donors (Lipinski definition) is 1. The molecule has 0 fully saturated rings. The molecule has 0 aliphatic rings. The summed E-state index contributed by atoms with van der Waals surface area (Å²) in [5.41, 5.74) is 4.34. The molecule has 3 rings (SSSR count). The minimum Gasteiger partial charge on any atom is -0.464 e. The number of rotatable bonds is 6. The van der Waals surface area contributed by atoms with Crippen LogP contribution in [-0.4, -0.2) is 12.5 Å². The molecule has 0 saturated heterocycles. The van der Waals surface area contributed by atoms with E-state index in [0.29, 0.717) is 18.9 Å². The Kier molecular flexibility index (Phi) is 5.64. The van der Waals surface area contributed by atoms with Gasteiger partial charge in [-0.3, -0.25) is 4.79 Å². The van der Waals surface area contributed by atoms with Crippen molar-refractivity contribution in [2.45, 2.75) is 39.5 Å². The quantitative estimate of drug-likeness (QED) is 0.565. The Morgan fingerprint density at radius 2 is 2.12 bits per heavy atom. The van der Waals surface area contributed by atoms with Gasteiger partial charge < -0.3 is 9.73 Å². The molecular formula is C20H22BrNO2S. The van der Waals surface area contributed by atoms with Gasteiger partial charge in [0.15, 0.2) is 0 Å². The summed E-state index contributed by atoms with van der Waals surface area (Å²) in [6.07, 6.45) is 2.91. The molecule has 0 aliphatic heterocycles. The standard InChI is InChI=1S/C20H22BrNO2S/c1-12(2)16-10-17-14(11-24-18(17)8-13(16)3)9-20(23)22-7-6-15-4-5-19(21)25-15/h4-5,8,10-12H,6-7,9H2,1-3H3,(H,22,23). The molecule has 25 heavy (non-hydrogen) atoms. The number of nitrogens with one attached hydrogen (secondary N) is 1. The molecule has 0 unspecified atom stereocenters. The van der Waals surface area contributed by atoms with Crippen molar-refractivity contribution in [3.63, 3.8) is 0 Å². The zero-order chi connectivity index (χ0) is 18.0. The molecule has 132 valence electrons. The Balaban J connectivity index is 1.65. The second kappa shape index (κ2) is 7.75. The van der Waals surface area contributed by atoms with Gasteiger partial charge in [0.25, 0.3) is 0 Å². The van der Waals surface area contributed by atoms with Crippen LogP contribution in [0.4, 0.5) is 0 Å². The fourth-order valence-corrected chi connectivity index (χ4v) is 4.53. The zero-order valence-corrected chi connectivity index (χ0v) is 17.1. The average Bonchev–Trinajstić information content (AvgIpc) is 3.13. The van der Waals surface area contributed by atoms with E-state index in [9.17, 15) is 4.79 Å². The average molecular weight is 420 g/mol. The summed E-state index contributed by atoms with van der Waals surface area (Å²) in [7, 11) is 0. The van der Waals surface area contributed by atoms with Gasteiger partial charge in [-0.15, -0.1) is 11.3 Å².